The molecule has 0 saturated heterocycles. The Morgan fingerprint density at radius 2 is 1.24 bits per heavy atom. The van der Waals surface area contributed by atoms with Crippen molar-refractivity contribution in [2.75, 3.05) is 0 Å². The Morgan fingerprint density at radius 3 is 1.62 bits per heavy atom. The van der Waals surface area contributed by atoms with E-state index in [2.05, 4.69) is 75.8 Å². The summed E-state index contributed by atoms with van der Waals surface area (Å²) in [5.74, 6) is 0. The van der Waals surface area contributed by atoms with Crippen molar-refractivity contribution in [2.24, 2.45) is 9.98 Å². The Kier molecular flexibility index (Phi) is 6.32. The van der Waals surface area contributed by atoms with Gasteiger partial charge in [0.25, 0.3) is 0 Å². The topological polar surface area (TPSA) is 24.7 Å². The highest BCUT2D eigenvalue weighted by molar-refractivity contribution is 5.84. The number of nitrogens with zero attached hydrogens (tertiary/aromatic N) is 2. The fourth-order valence-electron chi connectivity index (χ4n) is 1.93. The van der Waals surface area contributed by atoms with Crippen molar-refractivity contribution < 1.29 is 0 Å². The zero-order valence-electron chi connectivity index (χ0n) is 14.5. The molecule has 21 heavy (non-hydrogen) atoms. The van der Waals surface area contributed by atoms with Gasteiger partial charge in [0.1, 0.15) is 0 Å². The maximum atomic E-state index is 4.69. The van der Waals surface area contributed by atoms with Gasteiger partial charge >= 0.3 is 0 Å². The third-order valence-electron chi connectivity index (χ3n) is 3.79. The first kappa shape index (κ1) is 17.6. The zero-order valence-corrected chi connectivity index (χ0v) is 14.5. The molecule has 0 spiro atoms. The standard InChI is InChI=1S/C19H30N2/c1-7-13-19(5,6)21-15-17-11-9-16(10-12-17)14-20-18(3,4)8-2/h9-12,14-15H,7-8,13H2,1-6H3/b20-14+,21-15+. The summed E-state index contributed by atoms with van der Waals surface area (Å²) in [7, 11) is 0. The van der Waals surface area contributed by atoms with Gasteiger partial charge in [-0.15, -0.1) is 0 Å². The Balaban J connectivity index is 2.73. The van der Waals surface area contributed by atoms with E-state index in [1.54, 1.807) is 0 Å². The summed E-state index contributed by atoms with van der Waals surface area (Å²) < 4.78 is 0. The normalized spacial score (nSPS) is 13.4. The summed E-state index contributed by atoms with van der Waals surface area (Å²) in [6.45, 7) is 13.0. The average molecular weight is 286 g/mol. The number of hydrogen-bond acceptors (Lipinski definition) is 2. The van der Waals surface area contributed by atoms with Crippen LogP contribution in [-0.4, -0.2) is 23.5 Å². The molecule has 1 rings (SSSR count). The van der Waals surface area contributed by atoms with E-state index in [-0.39, 0.29) is 11.1 Å². The van der Waals surface area contributed by atoms with Crippen molar-refractivity contribution in [3.8, 4) is 0 Å². The van der Waals surface area contributed by atoms with Gasteiger partial charge in [-0.3, -0.25) is 9.98 Å². The zero-order chi connectivity index (χ0) is 15.9. The molecule has 0 N–H and O–H groups in total. The van der Waals surface area contributed by atoms with Crippen molar-refractivity contribution in [2.45, 2.75) is 71.9 Å². The van der Waals surface area contributed by atoms with E-state index < -0.39 is 0 Å². The molecule has 0 heterocycles. The van der Waals surface area contributed by atoms with E-state index in [0.717, 1.165) is 30.4 Å². The van der Waals surface area contributed by atoms with E-state index in [1.165, 1.54) is 0 Å². The maximum absolute atomic E-state index is 4.69. The van der Waals surface area contributed by atoms with Gasteiger partial charge in [-0.1, -0.05) is 44.5 Å². The molecular formula is C19H30N2. The van der Waals surface area contributed by atoms with E-state index in [1.807, 2.05) is 12.4 Å². The lowest BCUT2D eigenvalue weighted by atomic mass is 10.00. The predicted octanol–water partition coefficient (Wildman–Crippen LogP) is 5.29. The van der Waals surface area contributed by atoms with Crippen LogP contribution in [0.5, 0.6) is 0 Å². The van der Waals surface area contributed by atoms with Gasteiger partial charge in [-0.25, -0.2) is 0 Å². The van der Waals surface area contributed by atoms with Gasteiger partial charge in [0, 0.05) is 12.4 Å². The molecule has 0 aliphatic heterocycles. The number of aliphatic imine (C=N–C) groups is 2. The monoisotopic (exact) mass is 286 g/mol. The summed E-state index contributed by atoms with van der Waals surface area (Å²) in [6.07, 6.45) is 7.26. The van der Waals surface area contributed by atoms with Crippen LogP contribution in [0.15, 0.2) is 34.3 Å². The van der Waals surface area contributed by atoms with E-state index >= 15 is 0 Å². The third-order valence-corrected chi connectivity index (χ3v) is 3.79. The van der Waals surface area contributed by atoms with E-state index in [9.17, 15) is 0 Å². The van der Waals surface area contributed by atoms with Crippen molar-refractivity contribution >= 4 is 12.4 Å². The third kappa shape index (κ3) is 6.70. The molecule has 1 aromatic carbocycles. The quantitative estimate of drug-likeness (QED) is 0.608. The molecule has 0 atom stereocenters. The molecule has 0 aliphatic rings. The van der Waals surface area contributed by atoms with Crippen molar-refractivity contribution in [3.63, 3.8) is 0 Å². The van der Waals surface area contributed by atoms with Crippen LogP contribution in [0, 0.1) is 0 Å². The second-order valence-electron chi connectivity index (χ2n) is 6.91. The highest BCUT2D eigenvalue weighted by Gasteiger charge is 2.13. The Labute approximate surface area is 130 Å². The fraction of sp³-hybridized carbons (Fsp3) is 0.579. The van der Waals surface area contributed by atoms with Gasteiger partial charge in [0.2, 0.25) is 0 Å². The summed E-state index contributed by atoms with van der Waals surface area (Å²) in [5, 5.41) is 0. The lowest BCUT2D eigenvalue weighted by Gasteiger charge is -2.18. The molecule has 0 amide bonds. The minimum Gasteiger partial charge on any atom is -0.287 e. The number of hydrogen-bond donors (Lipinski definition) is 0. The highest BCUT2D eigenvalue weighted by atomic mass is 14.8. The van der Waals surface area contributed by atoms with Gasteiger partial charge in [-0.2, -0.15) is 0 Å². The highest BCUT2D eigenvalue weighted by Crippen LogP contribution is 2.16. The SMILES string of the molecule is CCCC(C)(C)/N=C/c1ccc(/C=N/C(C)(C)CC)cc1. The second-order valence-corrected chi connectivity index (χ2v) is 6.91. The average Bonchev–Trinajstić information content (AvgIpc) is 2.44. The Hall–Kier alpha value is -1.44. The molecular weight excluding hydrogens is 256 g/mol. The van der Waals surface area contributed by atoms with Gasteiger partial charge in [0.05, 0.1) is 11.1 Å². The van der Waals surface area contributed by atoms with Crippen LogP contribution in [0.25, 0.3) is 0 Å². The molecule has 1 aromatic rings. The van der Waals surface area contributed by atoms with Gasteiger partial charge in [0.15, 0.2) is 0 Å². The van der Waals surface area contributed by atoms with Gasteiger partial charge in [-0.05, 0) is 51.7 Å². The summed E-state index contributed by atoms with van der Waals surface area (Å²) in [5.41, 5.74) is 2.33. The largest absolute Gasteiger partial charge is 0.287 e. The molecule has 116 valence electrons. The smallest absolute Gasteiger partial charge is 0.0552 e. The molecule has 0 fully saturated rings. The fourth-order valence-corrected chi connectivity index (χ4v) is 1.93. The maximum Gasteiger partial charge on any atom is 0.0552 e. The van der Waals surface area contributed by atoms with Crippen LogP contribution < -0.4 is 0 Å². The van der Waals surface area contributed by atoms with Gasteiger partial charge < -0.3 is 0 Å². The lowest BCUT2D eigenvalue weighted by Crippen LogP contribution is -2.16. The lowest BCUT2D eigenvalue weighted by molar-refractivity contribution is 0.476. The molecule has 0 radical (unpaired) electrons. The minimum absolute atomic E-state index is 0.0182. The minimum atomic E-state index is 0.0182. The van der Waals surface area contributed by atoms with E-state index in [0.29, 0.717) is 0 Å². The molecule has 0 bridgehead atoms. The van der Waals surface area contributed by atoms with Crippen LogP contribution in [0.1, 0.15) is 71.9 Å². The molecule has 0 aliphatic carbocycles. The second kappa shape index (κ2) is 7.53. The van der Waals surface area contributed by atoms with Crippen LogP contribution in [0.4, 0.5) is 0 Å². The first-order valence-corrected chi connectivity index (χ1v) is 7.98. The summed E-state index contributed by atoms with van der Waals surface area (Å²) >= 11 is 0. The number of rotatable bonds is 7. The van der Waals surface area contributed by atoms with E-state index in [4.69, 9.17) is 0 Å². The molecule has 0 aromatic heterocycles. The Morgan fingerprint density at radius 1 is 0.810 bits per heavy atom. The van der Waals surface area contributed by atoms with Crippen molar-refractivity contribution in [1.82, 2.24) is 0 Å². The predicted molar refractivity (Wildman–Crippen MR) is 95.0 cm³/mol. The molecule has 0 unspecified atom stereocenters. The summed E-state index contributed by atoms with van der Waals surface area (Å²) in [4.78, 5) is 9.31. The first-order valence-electron chi connectivity index (χ1n) is 7.98. The molecule has 0 saturated carbocycles. The summed E-state index contributed by atoms with van der Waals surface area (Å²) in [6, 6.07) is 8.41. The van der Waals surface area contributed by atoms with Crippen LogP contribution in [-0.2, 0) is 0 Å². The van der Waals surface area contributed by atoms with Crippen molar-refractivity contribution in [3.05, 3.63) is 35.4 Å². The molecule has 2 nitrogen and oxygen atoms in total. The van der Waals surface area contributed by atoms with Crippen molar-refractivity contribution in [1.29, 1.82) is 0 Å². The molecule has 2 heteroatoms. The first-order chi connectivity index (χ1) is 9.78. The Bertz CT molecular complexity index is 479. The van der Waals surface area contributed by atoms with Crippen LogP contribution >= 0.6 is 0 Å². The number of benzene rings is 1. The van der Waals surface area contributed by atoms with Crippen LogP contribution in [0.2, 0.25) is 0 Å². The van der Waals surface area contributed by atoms with Crippen LogP contribution in [0.3, 0.4) is 0 Å².